The molecule has 2 N–H and O–H groups in total. The summed E-state index contributed by atoms with van der Waals surface area (Å²) in [6.45, 7) is -3.12. The summed E-state index contributed by atoms with van der Waals surface area (Å²) in [5.74, 6) is -1.05. The molecule has 0 unspecified atom stereocenters. The highest BCUT2D eigenvalue weighted by molar-refractivity contribution is 5.73. The number of nitrogens with one attached hydrogen (secondary N) is 2. The Morgan fingerprint density at radius 3 is 2.65 bits per heavy atom. The number of aromatic nitrogens is 1. The second-order valence-electron chi connectivity index (χ2n) is 4.49. The average molecular weight is 325 g/mol. The molecule has 1 heterocycles. The summed E-state index contributed by atoms with van der Waals surface area (Å²) in [6, 6.07) is 6.49. The molecule has 122 valence electrons. The molecule has 0 bridgehead atoms. The number of halogens is 3. The number of hydrogen-bond acceptors (Lipinski definition) is 3. The number of nitrogens with zero attached hydrogens (tertiary/aromatic N) is 1. The van der Waals surface area contributed by atoms with Crippen LogP contribution in [-0.4, -0.2) is 17.6 Å². The number of hydrogen-bond donors (Lipinski definition) is 2. The van der Waals surface area contributed by atoms with Gasteiger partial charge < -0.3 is 15.4 Å². The van der Waals surface area contributed by atoms with Crippen molar-refractivity contribution in [3.63, 3.8) is 0 Å². The number of pyridine rings is 1. The monoisotopic (exact) mass is 325 g/mol. The lowest BCUT2D eigenvalue weighted by atomic mass is 10.2. The Morgan fingerprint density at radius 1 is 1.17 bits per heavy atom. The molecule has 0 fully saturated rings. The van der Waals surface area contributed by atoms with E-state index in [0.717, 1.165) is 11.6 Å². The van der Waals surface area contributed by atoms with Crippen LogP contribution in [0.3, 0.4) is 0 Å². The molecule has 0 aliphatic heterocycles. The van der Waals surface area contributed by atoms with Gasteiger partial charge in [0, 0.05) is 24.5 Å². The zero-order valence-corrected chi connectivity index (χ0v) is 11.9. The van der Waals surface area contributed by atoms with Crippen molar-refractivity contribution in [1.29, 1.82) is 0 Å². The first-order valence-corrected chi connectivity index (χ1v) is 6.69. The molecule has 8 heteroatoms. The summed E-state index contributed by atoms with van der Waals surface area (Å²) < 4.78 is 42.5. The summed E-state index contributed by atoms with van der Waals surface area (Å²) in [4.78, 5) is 15.6. The van der Waals surface area contributed by atoms with Gasteiger partial charge in [0.15, 0.2) is 0 Å². The second-order valence-corrected chi connectivity index (χ2v) is 4.49. The third-order valence-corrected chi connectivity index (χ3v) is 2.89. The SMILES string of the molecule is O=C(NCc1cccnc1)NCc1c(F)cccc1OC(F)F. The van der Waals surface area contributed by atoms with E-state index in [1.807, 2.05) is 0 Å². The van der Waals surface area contributed by atoms with Crippen molar-refractivity contribution in [2.24, 2.45) is 0 Å². The Hall–Kier alpha value is -2.77. The summed E-state index contributed by atoms with van der Waals surface area (Å²) in [5.41, 5.74) is 0.639. The average Bonchev–Trinajstić information content (AvgIpc) is 2.53. The number of rotatable bonds is 6. The fourth-order valence-corrected chi connectivity index (χ4v) is 1.83. The summed E-state index contributed by atoms with van der Waals surface area (Å²) >= 11 is 0. The van der Waals surface area contributed by atoms with E-state index in [-0.39, 0.29) is 24.4 Å². The van der Waals surface area contributed by atoms with Gasteiger partial charge in [-0.15, -0.1) is 0 Å². The van der Waals surface area contributed by atoms with Gasteiger partial charge in [-0.25, -0.2) is 9.18 Å². The van der Waals surface area contributed by atoms with Gasteiger partial charge in [-0.05, 0) is 23.8 Å². The normalized spacial score (nSPS) is 10.4. The zero-order valence-electron chi connectivity index (χ0n) is 11.9. The van der Waals surface area contributed by atoms with Crippen LogP contribution in [0.5, 0.6) is 5.75 Å². The van der Waals surface area contributed by atoms with E-state index >= 15 is 0 Å². The topological polar surface area (TPSA) is 63.2 Å². The van der Waals surface area contributed by atoms with E-state index in [1.165, 1.54) is 12.1 Å². The van der Waals surface area contributed by atoms with Gasteiger partial charge in [-0.3, -0.25) is 4.98 Å². The van der Waals surface area contributed by atoms with Crippen LogP contribution in [-0.2, 0) is 13.1 Å². The second kappa shape index (κ2) is 8.02. The molecule has 5 nitrogen and oxygen atoms in total. The molecule has 23 heavy (non-hydrogen) atoms. The van der Waals surface area contributed by atoms with Crippen LogP contribution in [0.2, 0.25) is 0 Å². The minimum atomic E-state index is -3.07. The smallest absolute Gasteiger partial charge is 0.387 e. The van der Waals surface area contributed by atoms with E-state index in [2.05, 4.69) is 20.4 Å². The van der Waals surface area contributed by atoms with E-state index in [9.17, 15) is 18.0 Å². The molecule has 0 saturated carbocycles. The summed E-state index contributed by atoms with van der Waals surface area (Å²) in [6.07, 6.45) is 3.19. The molecule has 2 amide bonds. The highest BCUT2D eigenvalue weighted by Gasteiger charge is 2.14. The van der Waals surface area contributed by atoms with Crippen LogP contribution in [0, 0.1) is 5.82 Å². The van der Waals surface area contributed by atoms with Crippen LogP contribution in [0.25, 0.3) is 0 Å². The predicted octanol–water partition coefficient (Wildman–Crippen LogP) is 2.82. The van der Waals surface area contributed by atoms with Crippen LogP contribution in [0.1, 0.15) is 11.1 Å². The number of urea groups is 1. The van der Waals surface area contributed by atoms with Crippen LogP contribution < -0.4 is 15.4 Å². The zero-order chi connectivity index (χ0) is 16.7. The Labute approximate surface area is 130 Å². The Bertz CT molecular complexity index is 654. The van der Waals surface area contributed by atoms with Crippen LogP contribution >= 0.6 is 0 Å². The molecule has 0 spiro atoms. The van der Waals surface area contributed by atoms with Gasteiger partial charge in [0.1, 0.15) is 11.6 Å². The number of benzene rings is 1. The van der Waals surface area contributed by atoms with Crippen molar-refractivity contribution in [2.75, 3.05) is 0 Å². The first-order valence-electron chi connectivity index (χ1n) is 6.69. The third kappa shape index (κ3) is 5.17. The Kier molecular flexibility index (Phi) is 5.79. The maximum absolute atomic E-state index is 13.7. The lowest BCUT2D eigenvalue weighted by molar-refractivity contribution is -0.0506. The standard InChI is InChI=1S/C15H14F3N3O2/c16-12-4-1-5-13(23-14(17)18)11(12)9-21-15(22)20-8-10-3-2-6-19-7-10/h1-7,14H,8-9H2,(H2,20,21,22). The number of carbonyl (C=O) groups excluding carboxylic acids is 1. The van der Waals surface area contributed by atoms with Gasteiger partial charge in [-0.2, -0.15) is 8.78 Å². The largest absolute Gasteiger partial charge is 0.434 e. The maximum Gasteiger partial charge on any atom is 0.387 e. The fraction of sp³-hybridized carbons (Fsp3) is 0.200. The molecular formula is C15H14F3N3O2. The Morgan fingerprint density at radius 2 is 1.96 bits per heavy atom. The first-order chi connectivity index (χ1) is 11.1. The van der Waals surface area contributed by atoms with Crippen molar-refractivity contribution >= 4 is 6.03 Å². The quantitative estimate of drug-likeness (QED) is 0.858. The molecule has 1 aromatic carbocycles. The van der Waals surface area contributed by atoms with Crippen LogP contribution in [0.15, 0.2) is 42.7 Å². The molecular weight excluding hydrogens is 311 g/mol. The first kappa shape index (κ1) is 16.6. The predicted molar refractivity (Wildman–Crippen MR) is 76.3 cm³/mol. The molecule has 2 rings (SSSR count). The number of alkyl halides is 2. The van der Waals surface area contributed by atoms with Gasteiger partial charge in [0.05, 0.1) is 6.54 Å². The van der Waals surface area contributed by atoms with Crippen molar-refractivity contribution in [2.45, 2.75) is 19.7 Å². The number of ether oxygens (including phenoxy) is 1. The molecule has 0 atom stereocenters. The minimum absolute atomic E-state index is 0.149. The summed E-state index contributed by atoms with van der Waals surface area (Å²) in [7, 11) is 0. The van der Waals surface area contributed by atoms with Gasteiger partial charge in [0.2, 0.25) is 0 Å². The number of amides is 2. The van der Waals surface area contributed by atoms with Gasteiger partial charge >= 0.3 is 12.6 Å². The van der Waals surface area contributed by atoms with Gasteiger partial charge in [0.25, 0.3) is 0 Å². The Balaban J connectivity index is 1.91. The minimum Gasteiger partial charge on any atom is -0.434 e. The van der Waals surface area contributed by atoms with E-state index in [4.69, 9.17) is 0 Å². The highest BCUT2D eigenvalue weighted by atomic mass is 19.3. The maximum atomic E-state index is 13.7. The molecule has 0 radical (unpaired) electrons. The molecule has 1 aromatic heterocycles. The molecule has 0 aliphatic rings. The van der Waals surface area contributed by atoms with Crippen molar-refractivity contribution in [3.05, 3.63) is 59.7 Å². The van der Waals surface area contributed by atoms with E-state index < -0.39 is 18.5 Å². The summed E-state index contributed by atoms with van der Waals surface area (Å²) in [5, 5.41) is 4.94. The molecule has 0 aliphatic carbocycles. The molecule has 2 aromatic rings. The van der Waals surface area contributed by atoms with Crippen molar-refractivity contribution < 1.29 is 22.7 Å². The third-order valence-electron chi connectivity index (χ3n) is 2.89. The van der Waals surface area contributed by atoms with Crippen molar-refractivity contribution in [3.8, 4) is 5.75 Å². The highest BCUT2D eigenvalue weighted by Crippen LogP contribution is 2.23. The van der Waals surface area contributed by atoms with Crippen LogP contribution in [0.4, 0.5) is 18.0 Å². The van der Waals surface area contributed by atoms with Gasteiger partial charge in [-0.1, -0.05) is 12.1 Å². The van der Waals surface area contributed by atoms with E-state index in [0.29, 0.717) is 0 Å². The number of carbonyl (C=O) groups is 1. The fourth-order valence-electron chi connectivity index (χ4n) is 1.83. The van der Waals surface area contributed by atoms with Crippen molar-refractivity contribution in [1.82, 2.24) is 15.6 Å². The lowest BCUT2D eigenvalue weighted by Gasteiger charge is -2.13. The molecule has 0 saturated heterocycles. The lowest BCUT2D eigenvalue weighted by Crippen LogP contribution is -2.34. The van der Waals surface area contributed by atoms with E-state index in [1.54, 1.807) is 24.5 Å².